The zero-order chi connectivity index (χ0) is 22.8. The first kappa shape index (κ1) is 23.4. The van der Waals surface area contributed by atoms with E-state index < -0.39 is 11.9 Å². The van der Waals surface area contributed by atoms with E-state index in [1.807, 2.05) is 0 Å². The fraction of sp³-hybridized carbons (Fsp3) is 0.167. The molecule has 0 saturated heterocycles. The van der Waals surface area contributed by atoms with Crippen molar-refractivity contribution in [3.63, 3.8) is 0 Å². The summed E-state index contributed by atoms with van der Waals surface area (Å²) in [6.45, 7) is 0.196. The number of carbonyl (C=O) groups excluding carboxylic acids is 2. The van der Waals surface area contributed by atoms with Crippen LogP contribution in [0.25, 0.3) is 0 Å². The van der Waals surface area contributed by atoms with Gasteiger partial charge in [0.15, 0.2) is 0 Å². The minimum Gasteiger partial charge on any atom is -0.488 e. The Morgan fingerprint density at radius 1 is 0.562 bits per heavy atom. The molecule has 0 unspecified atom stereocenters. The number of benzene rings is 3. The third kappa shape index (κ3) is 6.64. The first-order chi connectivity index (χ1) is 15.6. The molecule has 0 spiro atoms. The summed E-state index contributed by atoms with van der Waals surface area (Å²) in [6, 6.07) is 20.2. The SMILES string of the molecule is O=C(OCCOc1ccccc1Cl)c1ccccc1C(=O)OCCOc1ccccc1Cl. The first-order valence-electron chi connectivity index (χ1n) is 9.74. The third-order valence-corrected chi connectivity index (χ3v) is 4.81. The quantitative estimate of drug-likeness (QED) is 0.286. The van der Waals surface area contributed by atoms with Crippen molar-refractivity contribution in [3.05, 3.63) is 94.0 Å². The molecule has 0 aliphatic rings. The fourth-order valence-electron chi connectivity index (χ4n) is 2.69. The topological polar surface area (TPSA) is 71.1 Å². The molecule has 0 aliphatic heterocycles. The number of carbonyl (C=O) groups is 2. The van der Waals surface area contributed by atoms with Crippen LogP contribution in [0.1, 0.15) is 20.7 Å². The Hall–Kier alpha value is -3.22. The summed E-state index contributed by atoms with van der Waals surface area (Å²) in [6.07, 6.45) is 0. The maximum absolute atomic E-state index is 12.4. The average Bonchev–Trinajstić information content (AvgIpc) is 2.81. The third-order valence-electron chi connectivity index (χ3n) is 4.19. The zero-order valence-corrected chi connectivity index (χ0v) is 18.5. The fourth-order valence-corrected chi connectivity index (χ4v) is 3.07. The van der Waals surface area contributed by atoms with Crippen LogP contribution in [0.5, 0.6) is 11.5 Å². The van der Waals surface area contributed by atoms with E-state index in [0.29, 0.717) is 21.5 Å². The van der Waals surface area contributed by atoms with Crippen molar-refractivity contribution >= 4 is 35.1 Å². The summed E-state index contributed by atoms with van der Waals surface area (Å²) in [4.78, 5) is 24.9. The molecule has 0 heterocycles. The van der Waals surface area contributed by atoms with Gasteiger partial charge in [-0.15, -0.1) is 0 Å². The van der Waals surface area contributed by atoms with Crippen LogP contribution in [0.4, 0.5) is 0 Å². The molecule has 3 rings (SSSR count). The Morgan fingerprint density at radius 3 is 1.34 bits per heavy atom. The number of halogens is 2. The molecule has 0 aliphatic carbocycles. The van der Waals surface area contributed by atoms with E-state index >= 15 is 0 Å². The molecular formula is C24H20Cl2O6. The summed E-state index contributed by atoms with van der Waals surface area (Å²) >= 11 is 12.0. The average molecular weight is 475 g/mol. The van der Waals surface area contributed by atoms with Crippen molar-refractivity contribution in [2.24, 2.45) is 0 Å². The van der Waals surface area contributed by atoms with E-state index in [1.54, 1.807) is 60.7 Å². The number of para-hydroxylation sites is 2. The van der Waals surface area contributed by atoms with Gasteiger partial charge in [0, 0.05) is 0 Å². The van der Waals surface area contributed by atoms with E-state index in [4.69, 9.17) is 42.1 Å². The van der Waals surface area contributed by atoms with Gasteiger partial charge in [-0.3, -0.25) is 0 Å². The van der Waals surface area contributed by atoms with Gasteiger partial charge in [0.1, 0.15) is 37.9 Å². The molecule has 32 heavy (non-hydrogen) atoms. The highest BCUT2D eigenvalue weighted by Crippen LogP contribution is 2.23. The molecule has 0 aromatic heterocycles. The van der Waals surface area contributed by atoms with Gasteiger partial charge >= 0.3 is 11.9 Å². The Kier molecular flexibility index (Phi) is 8.78. The lowest BCUT2D eigenvalue weighted by Crippen LogP contribution is -2.18. The summed E-state index contributed by atoms with van der Waals surface area (Å²) in [5.41, 5.74) is 0.199. The van der Waals surface area contributed by atoms with E-state index in [0.717, 1.165) is 0 Å². The molecule has 0 saturated carbocycles. The van der Waals surface area contributed by atoms with E-state index in [-0.39, 0.29) is 37.6 Å². The molecule has 0 fully saturated rings. The second-order valence-corrected chi connectivity index (χ2v) is 7.19. The minimum absolute atomic E-state index is 0.0148. The molecule has 3 aromatic carbocycles. The monoisotopic (exact) mass is 474 g/mol. The molecular weight excluding hydrogens is 455 g/mol. The molecule has 0 atom stereocenters. The van der Waals surface area contributed by atoms with Gasteiger partial charge in [0.25, 0.3) is 0 Å². The van der Waals surface area contributed by atoms with Gasteiger partial charge in [-0.05, 0) is 36.4 Å². The number of hydrogen-bond donors (Lipinski definition) is 0. The number of esters is 2. The second kappa shape index (κ2) is 12.0. The lowest BCUT2D eigenvalue weighted by molar-refractivity contribution is 0.0405. The lowest BCUT2D eigenvalue weighted by Gasteiger charge is -2.11. The highest BCUT2D eigenvalue weighted by atomic mass is 35.5. The van der Waals surface area contributed by atoms with E-state index in [1.165, 1.54) is 12.1 Å². The molecule has 6 nitrogen and oxygen atoms in total. The van der Waals surface area contributed by atoms with Gasteiger partial charge < -0.3 is 18.9 Å². The van der Waals surface area contributed by atoms with Crippen LogP contribution in [-0.4, -0.2) is 38.4 Å². The summed E-state index contributed by atoms with van der Waals surface area (Å²) in [7, 11) is 0. The molecule has 0 radical (unpaired) electrons. The van der Waals surface area contributed by atoms with Crippen LogP contribution >= 0.6 is 23.2 Å². The van der Waals surface area contributed by atoms with Crippen LogP contribution in [-0.2, 0) is 9.47 Å². The molecule has 166 valence electrons. The molecule has 3 aromatic rings. The number of hydrogen-bond acceptors (Lipinski definition) is 6. The van der Waals surface area contributed by atoms with E-state index in [2.05, 4.69) is 0 Å². The van der Waals surface area contributed by atoms with Gasteiger partial charge in [-0.1, -0.05) is 59.6 Å². The second-order valence-electron chi connectivity index (χ2n) is 6.38. The zero-order valence-electron chi connectivity index (χ0n) is 17.0. The molecule has 0 bridgehead atoms. The smallest absolute Gasteiger partial charge is 0.339 e. The number of rotatable bonds is 10. The summed E-state index contributed by atoms with van der Waals surface area (Å²) < 4.78 is 21.4. The van der Waals surface area contributed by atoms with Crippen molar-refractivity contribution in [1.29, 1.82) is 0 Å². The Bertz CT molecular complexity index is 985. The van der Waals surface area contributed by atoms with Crippen molar-refractivity contribution in [2.45, 2.75) is 0 Å². The Morgan fingerprint density at radius 2 is 0.938 bits per heavy atom. The highest BCUT2D eigenvalue weighted by Gasteiger charge is 2.19. The van der Waals surface area contributed by atoms with Crippen molar-refractivity contribution in [2.75, 3.05) is 26.4 Å². The summed E-state index contributed by atoms with van der Waals surface area (Å²) in [5, 5.41) is 0.927. The van der Waals surface area contributed by atoms with Crippen LogP contribution in [0.15, 0.2) is 72.8 Å². The van der Waals surface area contributed by atoms with Gasteiger partial charge in [0.05, 0.1) is 21.2 Å². The molecule has 0 amide bonds. The molecule has 0 N–H and O–H groups in total. The van der Waals surface area contributed by atoms with Crippen molar-refractivity contribution in [3.8, 4) is 11.5 Å². The van der Waals surface area contributed by atoms with Crippen LogP contribution in [0, 0.1) is 0 Å². The highest BCUT2D eigenvalue weighted by molar-refractivity contribution is 6.32. The van der Waals surface area contributed by atoms with Crippen molar-refractivity contribution < 1.29 is 28.5 Å². The first-order valence-corrected chi connectivity index (χ1v) is 10.5. The minimum atomic E-state index is -0.660. The van der Waals surface area contributed by atoms with Gasteiger partial charge in [-0.2, -0.15) is 0 Å². The number of ether oxygens (including phenoxy) is 4. The predicted octanol–water partition coefficient (Wildman–Crippen LogP) is 5.47. The van der Waals surface area contributed by atoms with Crippen LogP contribution < -0.4 is 9.47 Å². The van der Waals surface area contributed by atoms with Gasteiger partial charge in [0.2, 0.25) is 0 Å². The van der Waals surface area contributed by atoms with E-state index in [9.17, 15) is 9.59 Å². The Labute approximate surface area is 195 Å². The van der Waals surface area contributed by atoms with Crippen molar-refractivity contribution in [1.82, 2.24) is 0 Å². The molecule has 8 heteroatoms. The normalized spacial score (nSPS) is 10.3. The lowest BCUT2D eigenvalue weighted by atomic mass is 10.1. The van der Waals surface area contributed by atoms with Crippen LogP contribution in [0.2, 0.25) is 10.0 Å². The maximum atomic E-state index is 12.4. The predicted molar refractivity (Wildman–Crippen MR) is 121 cm³/mol. The maximum Gasteiger partial charge on any atom is 0.339 e. The largest absolute Gasteiger partial charge is 0.488 e. The summed E-state index contributed by atoms with van der Waals surface area (Å²) in [5.74, 6) is -0.332. The van der Waals surface area contributed by atoms with Crippen LogP contribution in [0.3, 0.4) is 0 Å². The standard InChI is InChI=1S/C24H20Cl2O6/c25-19-9-3-5-11-21(19)29-13-15-31-23(27)17-7-1-2-8-18(17)24(28)32-16-14-30-22-12-6-4-10-20(22)26/h1-12H,13-16H2. The Balaban J connectivity index is 1.48. The van der Waals surface area contributed by atoms with Gasteiger partial charge in [-0.25, -0.2) is 9.59 Å².